The van der Waals surface area contributed by atoms with Gasteiger partial charge < -0.3 is 10.6 Å². The normalized spacial score (nSPS) is 13.7. The van der Waals surface area contributed by atoms with Crippen molar-refractivity contribution in [2.24, 2.45) is 5.10 Å². The van der Waals surface area contributed by atoms with E-state index < -0.39 is 0 Å². The highest BCUT2D eigenvalue weighted by Gasteiger charge is 2.10. The van der Waals surface area contributed by atoms with Gasteiger partial charge in [0.15, 0.2) is 5.84 Å². The van der Waals surface area contributed by atoms with E-state index in [1.54, 1.807) is 0 Å². The molecule has 1 aliphatic rings. The number of rotatable bonds is 5. The van der Waals surface area contributed by atoms with Crippen molar-refractivity contribution in [3.8, 4) is 0 Å². The second-order valence-electron chi connectivity index (χ2n) is 5.09. The van der Waals surface area contributed by atoms with Crippen molar-refractivity contribution in [2.75, 3.05) is 0 Å². The molecule has 0 bridgehead atoms. The molecule has 0 atom stereocenters. The zero-order valence-electron chi connectivity index (χ0n) is 12.5. The Balaban J connectivity index is 1.58. The standard InChI is InChI=1S/C17H18ClN5/c18-23-21-16(19-12-14-7-3-1-4-8-14)11-17(22-23)20-13-15-9-5-2-6-10-15/h1-11,19,21H,12-13H2,(H,20,22). The number of nitrogens with one attached hydrogen (secondary N) is 3. The Hall–Kier alpha value is -2.66. The molecule has 6 heteroatoms. The van der Waals surface area contributed by atoms with Crippen LogP contribution in [-0.4, -0.2) is 10.5 Å². The van der Waals surface area contributed by atoms with Crippen LogP contribution >= 0.6 is 11.8 Å². The molecule has 0 fully saturated rings. The van der Waals surface area contributed by atoms with Crippen molar-refractivity contribution in [3.05, 3.63) is 83.7 Å². The molecule has 5 nitrogen and oxygen atoms in total. The van der Waals surface area contributed by atoms with Crippen molar-refractivity contribution < 1.29 is 0 Å². The van der Waals surface area contributed by atoms with Gasteiger partial charge in [-0.25, -0.2) is 0 Å². The maximum atomic E-state index is 5.98. The van der Waals surface area contributed by atoms with E-state index >= 15 is 0 Å². The Morgan fingerprint density at radius 3 is 2.04 bits per heavy atom. The maximum absolute atomic E-state index is 5.98. The summed E-state index contributed by atoms with van der Waals surface area (Å²) in [6.45, 7) is 1.39. The average molecular weight is 328 g/mol. The second kappa shape index (κ2) is 7.56. The summed E-state index contributed by atoms with van der Waals surface area (Å²) in [7, 11) is 0. The van der Waals surface area contributed by atoms with E-state index in [2.05, 4.69) is 45.4 Å². The van der Waals surface area contributed by atoms with Crippen LogP contribution in [0.3, 0.4) is 0 Å². The molecule has 2 aromatic rings. The van der Waals surface area contributed by atoms with Crippen molar-refractivity contribution >= 4 is 17.6 Å². The summed E-state index contributed by atoms with van der Waals surface area (Å²) in [4.78, 5) is 0. The minimum atomic E-state index is 0.687. The molecular formula is C17H18ClN5. The van der Waals surface area contributed by atoms with Gasteiger partial charge in [0.1, 0.15) is 5.82 Å². The number of hydrazine groups is 1. The highest BCUT2D eigenvalue weighted by molar-refractivity contribution is 6.14. The number of amidine groups is 1. The molecule has 1 heterocycles. The summed E-state index contributed by atoms with van der Waals surface area (Å²) in [5.74, 6) is 1.48. The van der Waals surface area contributed by atoms with Crippen LogP contribution in [0.2, 0.25) is 0 Å². The van der Waals surface area contributed by atoms with Crippen LogP contribution in [0.15, 0.2) is 77.7 Å². The summed E-state index contributed by atoms with van der Waals surface area (Å²) in [6, 6.07) is 20.3. The number of hydrazone groups is 1. The first kappa shape index (κ1) is 15.2. The lowest BCUT2D eigenvalue weighted by Gasteiger charge is -2.22. The summed E-state index contributed by atoms with van der Waals surface area (Å²) in [5.41, 5.74) is 5.31. The van der Waals surface area contributed by atoms with Crippen molar-refractivity contribution in [1.82, 2.24) is 20.7 Å². The van der Waals surface area contributed by atoms with E-state index in [-0.39, 0.29) is 0 Å². The Labute approximate surface area is 140 Å². The second-order valence-corrected chi connectivity index (χ2v) is 5.41. The first-order chi connectivity index (χ1) is 11.3. The summed E-state index contributed by atoms with van der Waals surface area (Å²) in [6.07, 6.45) is 1.89. The van der Waals surface area contributed by atoms with Crippen LogP contribution < -0.4 is 16.1 Å². The Bertz CT molecular complexity index is 685. The lowest BCUT2D eigenvalue weighted by molar-refractivity contribution is 0.371. The van der Waals surface area contributed by atoms with Gasteiger partial charge in [0, 0.05) is 19.2 Å². The fraction of sp³-hybridized carbons (Fsp3) is 0.118. The third-order valence-corrected chi connectivity index (χ3v) is 3.49. The van der Waals surface area contributed by atoms with Crippen LogP contribution in [0.4, 0.5) is 0 Å². The lowest BCUT2D eigenvalue weighted by atomic mass is 10.2. The van der Waals surface area contributed by atoms with E-state index in [1.807, 2.05) is 42.5 Å². The van der Waals surface area contributed by atoms with E-state index in [0.29, 0.717) is 18.9 Å². The molecule has 0 saturated carbocycles. The van der Waals surface area contributed by atoms with Crippen LogP contribution in [0.5, 0.6) is 0 Å². The molecule has 1 aliphatic heterocycles. The van der Waals surface area contributed by atoms with Gasteiger partial charge in [-0.2, -0.15) is 0 Å². The largest absolute Gasteiger partial charge is 0.366 e. The molecular weight excluding hydrogens is 310 g/mol. The Morgan fingerprint density at radius 1 is 0.870 bits per heavy atom. The molecule has 0 radical (unpaired) electrons. The van der Waals surface area contributed by atoms with Crippen LogP contribution in [-0.2, 0) is 13.1 Å². The molecule has 3 rings (SSSR count). The minimum Gasteiger partial charge on any atom is -0.366 e. The summed E-state index contributed by atoms with van der Waals surface area (Å²) in [5, 5.41) is 10.7. The number of nitrogens with zero attached hydrogens (tertiary/aromatic N) is 2. The molecule has 0 unspecified atom stereocenters. The summed E-state index contributed by atoms with van der Waals surface area (Å²) < 4.78 is 1.17. The van der Waals surface area contributed by atoms with E-state index in [1.165, 1.54) is 15.8 Å². The van der Waals surface area contributed by atoms with Gasteiger partial charge in [-0.3, -0.25) is 5.43 Å². The zero-order valence-corrected chi connectivity index (χ0v) is 13.3. The third-order valence-electron chi connectivity index (χ3n) is 3.33. The Morgan fingerprint density at radius 2 is 1.43 bits per heavy atom. The van der Waals surface area contributed by atoms with Gasteiger partial charge in [0.05, 0.1) is 11.8 Å². The van der Waals surface area contributed by atoms with Gasteiger partial charge >= 0.3 is 0 Å². The number of hydrogen-bond acceptors (Lipinski definition) is 5. The molecule has 0 amide bonds. The molecule has 0 aliphatic carbocycles. The van der Waals surface area contributed by atoms with E-state index in [4.69, 9.17) is 11.8 Å². The van der Waals surface area contributed by atoms with Crippen LogP contribution in [0, 0.1) is 0 Å². The Kier molecular flexibility index (Phi) is 5.01. The summed E-state index contributed by atoms with van der Waals surface area (Å²) >= 11 is 5.98. The topological polar surface area (TPSA) is 51.7 Å². The smallest absolute Gasteiger partial charge is 0.153 e. The molecule has 0 spiro atoms. The molecule has 3 N–H and O–H groups in total. The van der Waals surface area contributed by atoms with Crippen molar-refractivity contribution in [2.45, 2.75) is 13.1 Å². The number of halogens is 1. The van der Waals surface area contributed by atoms with Crippen molar-refractivity contribution in [3.63, 3.8) is 0 Å². The van der Waals surface area contributed by atoms with Crippen LogP contribution in [0.25, 0.3) is 0 Å². The first-order valence-electron chi connectivity index (χ1n) is 7.38. The van der Waals surface area contributed by atoms with E-state index in [0.717, 1.165) is 5.82 Å². The quantitative estimate of drug-likeness (QED) is 0.739. The first-order valence-corrected chi connectivity index (χ1v) is 7.72. The number of hydrogen-bond donors (Lipinski definition) is 3. The average Bonchev–Trinajstić information content (AvgIpc) is 2.60. The zero-order chi connectivity index (χ0) is 15.9. The van der Waals surface area contributed by atoms with Gasteiger partial charge in [-0.05, 0) is 11.1 Å². The van der Waals surface area contributed by atoms with Gasteiger partial charge in [0.25, 0.3) is 0 Å². The monoisotopic (exact) mass is 327 g/mol. The highest BCUT2D eigenvalue weighted by atomic mass is 35.5. The van der Waals surface area contributed by atoms with Gasteiger partial charge in [0.2, 0.25) is 0 Å². The molecule has 118 valence electrons. The fourth-order valence-corrected chi connectivity index (χ4v) is 2.35. The molecule has 2 aromatic carbocycles. The maximum Gasteiger partial charge on any atom is 0.153 e. The molecule has 23 heavy (non-hydrogen) atoms. The minimum absolute atomic E-state index is 0.687. The lowest BCUT2D eigenvalue weighted by Crippen LogP contribution is -2.39. The van der Waals surface area contributed by atoms with Gasteiger partial charge in [-0.1, -0.05) is 60.7 Å². The van der Waals surface area contributed by atoms with E-state index in [9.17, 15) is 0 Å². The van der Waals surface area contributed by atoms with Gasteiger partial charge in [-0.15, -0.1) is 9.74 Å². The third kappa shape index (κ3) is 4.66. The highest BCUT2D eigenvalue weighted by Crippen LogP contribution is 2.05. The van der Waals surface area contributed by atoms with Crippen molar-refractivity contribution in [1.29, 1.82) is 0 Å². The SMILES string of the molecule is ClN1N=C(NCc2ccccc2)C=C(NCc2ccccc2)N1. The molecule has 0 saturated heterocycles. The molecule has 0 aromatic heterocycles. The predicted octanol–water partition coefficient (Wildman–Crippen LogP) is 2.69. The fourth-order valence-electron chi connectivity index (χ4n) is 2.18. The predicted molar refractivity (Wildman–Crippen MR) is 92.9 cm³/mol. The number of benzene rings is 2. The van der Waals surface area contributed by atoms with Crippen LogP contribution in [0.1, 0.15) is 11.1 Å².